The molecule has 4 rings (SSSR count). The van der Waals surface area contributed by atoms with E-state index in [2.05, 4.69) is 25.1 Å². The highest BCUT2D eigenvalue weighted by molar-refractivity contribution is 5.96. The van der Waals surface area contributed by atoms with Crippen LogP contribution in [0.2, 0.25) is 0 Å². The second-order valence-electron chi connectivity index (χ2n) is 9.31. The van der Waals surface area contributed by atoms with Gasteiger partial charge in [-0.3, -0.25) is 4.79 Å². The maximum atomic E-state index is 11.5. The molecule has 4 aliphatic rings. The van der Waals surface area contributed by atoms with Gasteiger partial charge in [-0.05, 0) is 80.6 Å². The first-order valence-electron chi connectivity index (χ1n) is 9.97. The third-order valence-corrected chi connectivity index (χ3v) is 8.33. The quantitative estimate of drug-likeness (QED) is 0.425. The van der Waals surface area contributed by atoms with Gasteiger partial charge in [-0.1, -0.05) is 24.6 Å². The van der Waals surface area contributed by atoms with Gasteiger partial charge in [0, 0.05) is 12.3 Å². The number of carbonyl (C=O) groups excluding carboxylic acids is 1. The van der Waals surface area contributed by atoms with Crippen LogP contribution in [0.25, 0.3) is 0 Å². The lowest BCUT2D eigenvalue weighted by Crippen LogP contribution is -2.51. The highest BCUT2D eigenvalue weighted by Gasteiger charge is 2.59. The Morgan fingerprint density at radius 3 is 2.68 bits per heavy atom. The molecular weight excluding hydrogens is 314 g/mol. The summed E-state index contributed by atoms with van der Waals surface area (Å²) in [7, 11) is 0. The fourth-order valence-electron chi connectivity index (χ4n) is 7.00. The van der Waals surface area contributed by atoms with Crippen LogP contribution in [0.5, 0.6) is 0 Å². The van der Waals surface area contributed by atoms with Crippen molar-refractivity contribution < 1.29 is 14.7 Å². The van der Waals surface area contributed by atoms with Crippen LogP contribution in [0, 0.1) is 28.6 Å². The molecule has 0 saturated heterocycles. The van der Waals surface area contributed by atoms with E-state index in [0.717, 1.165) is 43.2 Å². The van der Waals surface area contributed by atoms with Gasteiger partial charge in [-0.2, -0.15) is 0 Å². The summed E-state index contributed by atoms with van der Waals surface area (Å²) in [6.07, 6.45) is 11.3. The number of ether oxygens (including phenoxy) is 1. The Balaban J connectivity index is 1.61. The van der Waals surface area contributed by atoms with E-state index < -0.39 is 0 Å². The van der Waals surface area contributed by atoms with Crippen molar-refractivity contribution in [3.05, 3.63) is 11.6 Å². The van der Waals surface area contributed by atoms with Crippen LogP contribution < -0.4 is 0 Å². The molecule has 0 aromatic heterocycles. The van der Waals surface area contributed by atoms with Gasteiger partial charge >= 0.3 is 5.97 Å². The number of hydrogen-bond donors (Lipinski definition) is 1. The van der Waals surface area contributed by atoms with Crippen molar-refractivity contribution >= 4 is 11.7 Å². The Kier molecular flexibility index (Phi) is 4.01. The Morgan fingerprint density at radius 2 is 1.96 bits per heavy atom. The van der Waals surface area contributed by atoms with E-state index in [0.29, 0.717) is 5.92 Å². The second kappa shape index (κ2) is 5.85. The lowest BCUT2D eigenvalue weighted by molar-refractivity contribution is -0.157. The number of carbonyl (C=O) groups is 1. The van der Waals surface area contributed by atoms with Crippen LogP contribution in [0.15, 0.2) is 16.8 Å². The minimum absolute atomic E-state index is 0.111. The Bertz CT molecular complexity index is 639. The molecule has 1 N–H and O–H groups in total. The van der Waals surface area contributed by atoms with Crippen molar-refractivity contribution in [3.63, 3.8) is 0 Å². The average Bonchev–Trinajstić information content (AvgIpc) is 2.90. The molecule has 4 nitrogen and oxygen atoms in total. The smallest absolute Gasteiger partial charge is 0.302 e. The lowest BCUT2D eigenvalue weighted by Gasteiger charge is -2.57. The van der Waals surface area contributed by atoms with Crippen molar-refractivity contribution in [3.8, 4) is 0 Å². The van der Waals surface area contributed by atoms with E-state index in [4.69, 9.17) is 9.94 Å². The SMILES string of the molecule is CC(=O)OC1CC[C@H]2[C@@H]3CCC4=C/C(=N\O)CC[C@]4(C)[C@H]3CC[C@]12C. The molecule has 138 valence electrons. The molecule has 0 radical (unpaired) electrons. The number of oxime groups is 1. The van der Waals surface area contributed by atoms with Crippen LogP contribution in [0.3, 0.4) is 0 Å². The zero-order chi connectivity index (χ0) is 17.8. The zero-order valence-electron chi connectivity index (χ0n) is 15.8. The van der Waals surface area contributed by atoms with Crippen molar-refractivity contribution in [2.75, 3.05) is 0 Å². The maximum Gasteiger partial charge on any atom is 0.302 e. The van der Waals surface area contributed by atoms with Gasteiger partial charge in [-0.15, -0.1) is 0 Å². The number of allylic oxidation sites excluding steroid dienone is 2. The van der Waals surface area contributed by atoms with Crippen molar-refractivity contribution in [1.82, 2.24) is 0 Å². The Labute approximate surface area is 150 Å². The summed E-state index contributed by atoms with van der Waals surface area (Å²) in [6.45, 7) is 6.37. The minimum Gasteiger partial charge on any atom is -0.462 e. The van der Waals surface area contributed by atoms with E-state index in [-0.39, 0.29) is 22.9 Å². The third kappa shape index (κ3) is 2.47. The zero-order valence-corrected chi connectivity index (χ0v) is 15.8. The molecule has 0 bridgehead atoms. The normalized spacial score (nSPS) is 47.5. The molecule has 0 aromatic carbocycles. The molecule has 25 heavy (non-hydrogen) atoms. The van der Waals surface area contributed by atoms with Gasteiger partial charge in [0.1, 0.15) is 6.10 Å². The molecule has 0 amide bonds. The first-order chi connectivity index (χ1) is 11.9. The predicted octanol–water partition coefficient (Wildman–Crippen LogP) is 4.71. The summed E-state index contributed by atoms with van der Waals surface area (Å²) in [5.74, 6) is 2.02. The molecule has 0 aliphatic heterocycles. The second-order valence-corrected chi connectivity index (χ2v) is 9.31. The van der Waals surface area contributed by atoms with Gasteiger partial charge in [0.2, 0.25) is 0 Å². The van der Waals surface area contributed by atoms with Gasteiger partial charge in [-0.25, -0.2) is 0 Å². The summed E-state index contributed by atoms with van der Waals surface area (Å²) in [5.41, 5.74) is 2.78. The van der Waals surface area contributed by atoms with Crippen LogP contribution in [0.1, 0.15) is 72.1 Å². The number of esters is 1. The highest BCUT2D eigenvalue weighted by Crippen LogP contribution is 2.65. The Morgan fingerprint density at radius 1 is 1.16 bits per heavy atom. The fourth-order valence-corrected chi connectivity index (χ4v) is 7.00. The summed E-state index contributed by atoms with van der Waals surface area (Å²) in [4.78, 5) is 11.5. The van der Waals surface area contributed by atoms with Gasteiger partial charge < -0.3 is 9.94 Å². The molecule has 4 aliphatic carbocycles. The largest absolute Gasteiger partial charge is 0.462 e. The van der Waals surface area contributed by atoms with Gasteiger partial charge in [0.05, 0.1) is 5.71 Å². The van der Waals surface area contributed by atoms with Crippen molar-refractivity contribution in [1.29, 1.82) is 0 Å². The molecule has 4 heteroatoms. The van der Waals surface area contributed by atoms with Gasteiger partial charge in [0.15, 0.2) is 0 Å². The van der Waals surface area contributed by atoms with E-state index in [9.17, 15) is 4.79 Å². The molecule has 0 heterocycles. The molecule has 3 fully saturated rings. The average molecular weight is 345 g/mol. The van der Waals surface area contributed by atoms with Crippen LogP contribution in [-0.4, -0.2) is 23.0 Å². The summed E-state index contributed by atoms with van der Waals surface area (Å²) in [5, 5.41) is 12.6. The maximum absolute atomic E-state index is 11.5. The van der Waals surface area contributed by atoms with Crippen molar-refractivity contribution in [2.24, 2.45) is 33.7 Å². The van der Waals surface area contributed by atoms with Crippen molar-refractivity contribution in [2.45, 2.75) is 78.2 Å². The monoisotopic (exact) mass is 345 g/mol. The third-order valence-electron chi connectivity index (χ3n) is 8.33. The molecule has 0 aromatic rings. The van der Waals surface area contributed by atoms with E-state index in [1.54, 1.807) is 6.92 Å². The number of nitrogens with zero attached hydrogens (tertiary/aromatic N) is 1. The molecule has 0 spiro atoms. The molecule has 6 atom stereocenters. The minimum atomic E-state index is -0.127. The van der Waals surface area contributed by atoms with Crippen LogP contribution in [-0.2, 0) is 9.53 Å². The number of rotatable bonds is 1. The first kappa shape index (κ1) is 17.1. The number of hydrogen-bond acceptors (Lipinski definition) is 4. The lowest BCUT2D eigenvalue weighted by atomic mass is 9.47. The Hall–Kier alpha value is -1.32. The van der Waals surface area contributed by atoms with Crippen LogP contribution in [0.4, 0.5) is 0 Å². The van der Waals surface area contributed by atoms with Gasteiger partial charge in [0.25, 0.3) is 0 Å². The molecule has 1 unspecified atom stereocenters. The summed E-state index contributed by atoms with van der Waals surface area (Å²) < 4.78 is 5.73. The molecular formula is C21H31NO3. The highest BCUT2D eigenvalue weighted by atomic mass is 16.5. The topological polar surface area (TPSA) is 58.9 Å². The fraction of sp³-hybridized carbons (Fsp3) is 0.810. The summed E-state index contributed by atoms with van der Waals surface area (Å²) >= 11 is 0. The van der Waals surface area contributed by atoms with Crippen LogP contribution >= 0.6 is 0 Å². The van der Waals surface area contributed by atoms with E-state index >= 15 is 0 Å². The van der Waals surface area contributed by atoms with E-state index in [1.165, 1.54) is 31.3 Å². The predicted molar refractivity (Wildman–Crippen MR) is 96.5 cm³/mol. The summed E-state index contributed by atoms with van der Waals surface area (Å²) in [6, 6.07) is 0. The standard InChI is InChI=1S/C21H31NO3/c1-13(23)25-19-7-6-17-16-5-4-14-12-15(22-24)8-10-20(14,2)18(16)9-11-21(17,19)3/h12,16-19,24H,4-11H2,1-3H3/b22-15-/t16-,17-,18-,19?,20-,21-/m0/s1. The number of fused-ring (bicyclic) bond motifs is 5. The molecule has 3 saturated carbocycles. The van der Waals surface area contributed by atoms with E-state index in [1.807, 2.05) is 0 Å². The first-order valence-corrected chi connectivity index (χ1v) is 9.97.